The first-order valence-corrected chi connectivity index (χ1v) is 8.68. The van der Waals surface area contributed by atoms with Crippen LogP contribution in [-0.2, 0) is 21.3 Å². The molecule has 1 fully saturated rings. The van der Waals surface area contributed by atoms with Crippen LogP contribution >= 0.6 is 0 Å². The second-order valence-corrected chi connectivity index (χ2v) is 7.64. The molecule has 0 aliphatic carbocycles. The lowest BCUT2D eigenvalue weighted by atomic mass is 10.2. The van der Waals surface area contributed by atoms with Crippen molar-refractivity contribution in [3.8, 4) is 0 Å². The maximum Gasteiger partial charge on any atom is 0.276 e. The van der Waals surface area contributed by atoms with E-state index in [1.54, 1.807) is 13.1 Å². The van der Waals surface area contributed by atoms with E-state index in [0.29, 0.717) is 31.4 Å². The number of hydrogen-bond donors (Lipinski definition) is 1. The topological polar surface area (TPSA) is 71.8 Å². The highest BCUT2D eigenvalue weighted by atomic mass is 32.2. The molecular formula is C14H24N2O4S. The van der Waals surface area contributed by atoms with Gasteiger partial charge in [0.15, 0.2) is 0 Å². The van der Waals surface area contributed by atoms with Gasteiger partial charge in [0.05, 0.1) is 18.7 Å². The average Bonchev–Trinajstić information content (AvgIpc) is 3.04. The molecule has 1 aliphatic rings. The normalized spacial score (nSPS) is 23.3. The minimum Gasteiger partial charge on any atom is -0.447 e. The first-order chi connectivity index (χ1) is 9.82. The lowest BCUT2D eigenvalue weighted by Gasteiger charge is -2.24. The molecule has 1 saturated heterocycles. The van der Waals surface area contributed by atoms with Gasteiger partial charge in [-0.05, 0) is 25.5 Å². The third kappa shape index (κ3) is 3.66. The fourth-order valence-corrected chi connectivity index (χ4v) is 3.78. The largest absolute Gasteiger partial charge is 0.447 e. The standard InChI is InChI=1S/C14H24N2O4S/c1-10(2)15-9-12-5-6-14(20-12)21(17,18)16(4)13-7-8-19-11(13)3/h5-6,10-11,13,15H,7-9H2,1-4H3. The van der Waals surface area contributed by atoms with E-state index >= 15 is 0 Å². The molecule has 2 atom stereocenters. The summed E-state index contributed by atoms with van der Waals surface area (Å²) in [5.74, 6) is 0.617. The number of furan rings is 1. The maximum absolute atomic E-state index is 12.6. The molecule has 1 aliphatic heterocycles. The van der Waals surface area contributed by atoms with Gasteiger partial charge < -0.3 is 14.5 Å². The molecule has 0 radical (unpaired) electrons. The van der Waals surface area contributed by atoms with E-state index < -0.39 is 10.0 Å². The summed E-state index contributed by atoms with van der Waals surface area (Å²) in [5.41, 5.74) is 0. The lowest BCUT2D eigenvalue weighted by molar-refractivity contribution is 0.102. The van der Waals surface area contributed by atoms with Crippen molar-refractivity contribution in [2.24, 2.45) is 0 Å². The molecule has 6 nitrogen and oxygen atoms in total. The summed E-state index contributed by atoms with van der Waals surface area (Å²) in [6.45, 7) is 7.04. The summed E-state index contributed by atoms with van der Waals surface area (Å²) in [6, 6.07) is 3.39. The predicted molar refractivity (Wildman–Crippen MR) is 79.5 cm³/mol. The van der Waals surface area contributed by atoms with Crippen LogP contribution in [0, 0.1) is 0 Å². The number of rotatable bonds is 6. The number of nitrogens with one attached hydrogen (secondary N) is 1. The van der Waals surface area contributed by atoms with Crippen LogP contribution in [0.1, 0.15) is 33.0 Å². The smallest absolute Gasteiger partial charge is 0.276 e. The van der Waals surface area contributed by atoms with Crippen molar-refractivity contribution in [2.45, 2.75) is 57.0 Å². The van der Waals surface area contributed by atoms with Gasteiger partial charge >= 0.3 is 0 Å². The van der Waals surface area contributed by atoms with Crippen LogP contribution in [0.4, 0.5) is 0 Å². The third-order valence-corrected chi connectivity index (χ3v) is 5.52. The Balaban J connectivity index is 2.12. The summed E-state index contributed by atoms with van der Waals surface area (Å²) in [5, 5.41) is 3.19. The molecule has 2 rings (SSSR count). The highest BCUT2D eigenvalue weighted by molar-refractivity contribution is 7.89. The van der Waals surface area contributed by atoms with Gasteiger partial charge in [0.1, 0.15) is 5.76 Å². The fourth-order valence-electron chi connectivity index (χ4n) is 2.41. The van der Waals surface area contributed by atoms with E-state index in [1.807, 2.05) is 20.8 Å². The van der Waals surface area contributed by atoms with Gasteiger partial charge in [-0.15, -0.1) is 0 Å². The SMILES string of the molecule is CC(C)NCc1ccc(S(=O)(=O)N(C)C2CCOC2C)o1. The molecule has 0 amide bonds. The first kappa shape index (κ1) is 16.5. The zero-order valence-electron chi connectivity index (χ0n) is 13.0. The first-order valence-electron chi connectivity index (χ1n) is 7.24. The zero-order chi connectivity index (χ0) is 15.6. The maximum atomic E-state index is 12.6. The molecule has 2 unspecified atom stereocenters. The van der Waals surface area contributed by atoms with E-state index in [0.717, 1.165) is 0 Å². The molecule has 0 bridgehead atoms. The van der Waals surface area contributed by atoms with Gasteiger partial charge in [-0.3, -0.25) is 0 Å². The van der Waals surface area contributed by atoms with Crippen molar-refractivity contribution < 1.29 is 17.6 Å². The minimum absolute atomic E-state index is 0.00958. The van der Waals surface area contributed by atoms with Crippen molar-refractivity contribution in [1.29, 1.82) is 0 Å². The van der Waals surface area contributed by atoms with Crippen molar-refractivity contribution in [2.75, 3.05) is 13.7 Å². The van der Waals surface area contributed by atoms with Crippen LogP contribution in [0.25, 0.3) is 0 Å². The van der Waals surface area contributed by atoms with Crippen LogP contribution in [0.2, 0.25) is 0 Å². The Morgan fingerprint density at radius 1 is 1.43 bits per heavy atom. The molecule has 1 aromatic rings. The number of hydrogen-bond acceptors (Lipinski definition) is 5. The van der Waals surface area contributed by atoms with Gasteiger partial charge in [0.25, 0.3) is 10.0 Å². The summed E-state index contributed by atoms with van der Waals surface area (Å²) in [4.78, 5) is 0. The number of ether oxygens (including phenoxy) is 1. The molecule has 7 heteroatoms. The third-order valence-electron chi connectivity index (χ3n) is 3.76. The highest BCUT2D eigenvalue weighted by Crippen LogP contribution is 2.25. The van der Waals surface area contributed by atoms with Gasteiger partial charge in [-0.2, -0.15) is 4.31 Å². The van der Waals surface area contributed by atoms with Crippen LogP contribution < -0.4 is 5.32 Å². The van der Waals surface area contributed by atoms with Crippen molar-refractivity contribution in [3.63, 3.8) is 0 Å². The van der Waals surface area contributed by atoms with Crippen LogP contribution in [0.3, 0.4) is 0 Å². The van der Waals surface area contributed by atoms with Crippen molar-refractivity contribution in [3.05, 3.63) is 17.9 Å². The Morgan fingerprint density at radius 2 is 2.14 bits per heavy atom. The van der Waals surface area contributed by atoms with Crippen LogP contribution in [0.15, 0.2) is 21.6 Å². The average molecular weight is 316 g/mol. The fraction of sp³-hybridized carbons (Fsp3) is 0.714. The summed E-state index contributed by atoms with van der Waals surface area (Å²) in [7, 11) is -2.03. The molecule has 0 aromatic carbocycles. The second kappa shape index (κ2) is 6.48. The Hall–Kier alpha value is -0.890. The van der Waals surface area contributed by atoms with E-state index in [-0.39, 0.29) is 17.2 Å². The number of nitrogens with zero attached hydrogens (tertiary/aromatic N) is 1. The summed E-state index contributed by atoms with van der Waals surface area (Å²) >= 11 is 0. The predicted octanol–water partition coefficient (Wildman–Crippen LogP) is 1.58. The molecule has 0 saturated carbocycles. The van der Waals surface area contributed by atoms with E-state index in [4.69, 9.17) is 9.15 Å². The second-order valence-electron chi connectivity index (χ2n) is 5.71. The Morgan fingerprint density at radius 3 is 2.71 bits per heavy atom. The van der Waals surface area contributed by atoms with Gasteiger partial charge in [-0.1, -0.05) is 13.8 Å². The van der Waals surface area contributed by atoms with Crippen molar-refractivity contribution in [1.82, 2.24) is 9.62 Å². The summed E-state index contributed by atoms with van der Waals surface area (Å²) in [6.07, 6.45) is 0.612. The Kier molecular flexibility index (Phi) is 5.08. The monoisotopic (exact) mass is 316 g/mol. The molecular weight excluding hydrogens is 292 g/mol. The Bertz CT molecular complexity index is 567. The quantitative estimate of drug-likeness (QED) is 0.862. The van der Waals surface area contributed by atoms with E-state index in [2.05, 4.69) is 5.32 Å². The minimum atomic E-state index is -3.61. The van der Waals surface area contributed by atoms with Gasteiger partial charge in [0, 0.05) is 19.7 Å². The van der Waals surface area contributed by atoms with Gasteiger partial charge in [-0.25, -0.2) is 8.42 Å². The molecule has 120 valence electrons. The molecule has 0 spiro atoms. The summed E-state index contributed by atoms with van der Waals surface area (Å²) < 4.78 is 37.4. The number of likely N-dealkylation sites (N-methyl/N-ethyl adjacent to an activating group) is 1. The highest BCUT2D eigenvalue weighted by Gasteiger charge is 2.36. The molecule has 2 heterocycles. The van der Waals surface area contributed by atoms with Crippen molar-refractivity contribution >= 4 is 10.0 Å². The van der Waals surface area contributed by atoms with Gasteiger partial charge in [0.2, 0.25) is 5.09 Å². The van der Waals surface area contributed by atoms with E-state index in [9.17, 15) is 8.42 Å². The van der Waals surface area contributed by atoms with E-state index in [1.165, 1.54) is 10.4 Å². The molecule has 21 heavy (non-hydrogen) atoms. The van der Waals surface area contributed by atoms with Crippen LogP contribution in [-0.4, -0.2) is 44.6 Å². The zero-order valence-corrected chi connectivity index (χ0v) is 13.8. The molecule has 1 N–H and O–H groups in total. The molecule has 1 aromatic heterocycles. The number of sulfonamides is 1. The lowest BCUT2D eigenvalue weighted by Crippen LogP contribution is -2.40. The van der Waals surface area contributed by atoms with Crippen LogP contribution in [0.5, 0.6) is 0 Å². The Labute approximate surface area is 126 Å².